The maximum atomic E-state index is 12.2. The second-order valence-corrected chi connectivity index (χ2v) is 4.35. The molecule has 0 bridgehead atoms. The van der Waals surface area contributed by atoms with Crippen LogP contribution in [0.4, 0.5) is 4.79 Å². The standard InChI is InChI=1S/C14H14ClNO5/c1-9(13(18)10-4-6-11(15)7-5-10)16(14(19)21-3)8-12(17)20-2/h4-7H,1,8H2,2-3H3. The third-order valence-corrected chi connectivity index (χ3v) is 2.86. The van der Waals surface area contributed by atoms with Crippen molar-refractivity contribution in [3.05, 3.63) is 47.1 Å². The van der Waals surface area contributed by atoms with Gasteiger partial charge >= 0.3 is 12.1 Å². The highest BCUT2D eigenvalue weighted by Gasteiger charge is 2.26. The van der Waals surface area contributed by atoms with Crippen LogP contribution in [0.5, 0.6) is 0 Å². The lowest BCUT2D eigenvalue weighted by molar-refractivity contribution is -0.141. The molecule has 7 heteroatoms. The molecule has 6 nitrogen and oxygen atoms in total. The van der Waals surface area contributed by atoms with Crippen LogP contribution >= 0.6 is 11.6 Å². The minimum atomic E-state index is -0.882. The van der Waals surface area contributed by atoms with E-state index in [4.69, 9.17) is 11.6 Å². The highest BCUT2D eigenvalue weighted by atomic mass is 35.5. The molecule has 1 aromatic carbocycles. The summed E-state index contributed by atoms with van der Waals surface area (Å²) < 4.78 is 9.00. The Hall–Kier alpha value is -2.34. The second kappa shape index (κ2) is 7.44. The molecule has 0 fully saturated rings. The summed E-state index contributed by atoms with van der Waals surface area (Å²) >= 11 is 5.74. The summed E-state index contributed by atoms with van der Waals surface area (Å²) in [7, 11) is 2.30. The fraction of sp³-hybridized carbons (Fsp3) is 0.214. The highest BCUT2D eigenvalue weighted by Crippen LogP contribution is 2.15. The normalized spacial score (nSPS) is 9.67. The predicted octanol–water partition coefficient (Wildman–Crippen LogP) is 2.28. The van der Waals surface area contributed by atoms with Gasteiger partial charge in [-0.3, -0.25) is 14.5 Å². The molecular formula is C14H14ClNO5. The first kappa shape index (κ1) is 16.7. The molecule has 0 saturated carbocycles. The zero-order valence-electron chi connectivity index (χ0n) is 11.6. The lowest BCUT2D eigenvalue weighted by Gasteiger charge is -2.21. The van der Waals surface area contributed by atoms with Crippen molar-refractivity contribution in [1.29, 1.82) is 0 Å². The molecular weight excluding hydrogens is 298 g/mol. The van der Waals surface area contributed by atoms with Gasteiger partial charge in [0.15, 0.2) is 0 Å². The molecule has 1 amide bonds. The Morgan fingerprint density at radius 1 is 1.14 bits per heavy atom. The lowest BCUT2D eigenvalue weighted by Crippen LogP contribution is -2.37. The molecule has 112 valence electrons. The van der Waals surface area contributed by atoms with Gasteiger partial charge in [-0.1, -0.05) is 18.2 Å². The van der Waals surface area contributed by atoms with E-state index >= 15 is 0 Å². The third kappa shape index (κ3) is 4.32. The van der Waals surface area contributed by atoms with Crippen LogP contribution in [0.25, 0.3) is 0 Å². The molecule has 21 heavy (non-hydrogen) atoms. The lowest BCUT2D eigenvalue weighted by atomic mass is 10.1. The summed E-state index contributed by atoms with van der Waals surface area (Å²) in [6.45, 7) is 3.07. The number of methoxy groups -OCH3 is 2. The van der Waals surface area contributed by atoms with Gasteiger partial charge in [-0.2, -0.15) is 0 Å². The zero-order chi connectivity index (χ0) is 16.0. The first-order valence-corrected chi connectivity index (χ1v) is 6.20. The summed E-state index contributed by atoms with van der Waals surface area (Å²) in [5.74, 6) is -1.23. The Bertz CT molecular complexity index is 567. The molecule has 0 radical (unpaired) electrons. The van der Waals surface area contributed by atoms with Gasteiger partial charge in [-0.25, -0.2) is 4.79 Å². The van der Waals surface area contributed by atoms with Gasteiger partial charge in [-0.05, 0) is 24.3 Å². The molecule has 0 heterocycles. The smallest absolute Gasteiger partial charge is 0.414 e. The average Bonchev–Trinajstić information content (AvgIpc) is 2.50. The number of carbonyl (C=O) groups excluding carboxylic acids is 3. The van der Waals surface area contributed by atoms with Gasteiger partial charge in [0.05, 0.1) is 19.9 Å². The quantitative estimate of drug-likeness (QED) is 0.474. The number of Topliss-reactive ketones (excluding diaryl/α,β-unsaturated/α-hetero) is 1. The van der Waals surface area contributed by atoms with E-state index < -0.39 is 24.4 Å². The van der Waals surface area contributed by atoms with Gasteiger partial charge in [0.25, 0.3) is 0 Å². The number of nitrogens with zero attached hydrogens (tertiary/aromatic N) is 1. The molecule has 1 rings (SSSR count). The van der Waals surface area contributed by atoms with E-state index in [0.29, 0.717) is 5.02 Å². The molecule has 0 saturated heterocycles. The number of ether oxygens (including phenoxy) is 2. The van der Waals surface area contributed by atoms with Crippen LogP contribution in [0, 0.1) is 0 Å². The molecule has 1 aromatic rings. The largest absolute Gasteiger partial charge is 0.468 e. The van der Waals surface area contributed by atoms with Crippen LogP contribution in [0.1, 0.15) is 10.4 Å². The molecule has 0 aliphatic heterocycles. The number of esters is 1. The van der Waals surface area contributed by atoms with Crippen molar-refractivity contribution in [3.63, 3.8) is 0 Å². The number of halogens is 1. The Balaban J connectivity index is 2.98. The third-order valence-electron chi connectivity index (χ3n) is 2.60. The Morgan fingerprint density at radius 3 is 2.19 bits per heavy atom. The number of hydrogen-bond acceptors (Lipinski definition) is 5. The van der Waals surface area contributed by atoms with Crippen LogP contribution in [0.2, 0.25) is 5.02 Å². The van der Waals surface area contributed by atoms with E-state index in [1.165, 1.54) is 31.4 Å². The Labute approximate surface area is 126 Å². The van der Waals surface area contributed by atoms with E-state index in [-0.39, 0.29) is 11.3 Å². The Kier molecular flexibility index (Phi) is 5.92. The molecule has 0 atom stereocenters. The summed E-state index contributed by atoms with van der Waals surface area (Å²) in [4.78, 5) is 36.0. The Morgan fingerprint density at radius 2 is 1.71 bits per heavy atom. The van der Waals surface area contributed by atoms with Crippen molar-refractivity contribution >= 4 is 29.4 Å². The number of carbonyl (C=O) groups is 3. The summed E-state index contributed by atoms with van der Waals surface area (Å²) in [6, 6.07) is 6.04. The van der Waals surface area contributed by atoms with Crippen LogP contribution in [0.15, 0.2) is 36.5 Å². The zero-order valence-corrected chi connectivity index (χ0v) is 12.3. The van der Waals surface area contributed by atoms with Gasteiger partial charge in [0, 0.05) is 10.6 Å². The summed E-state index contributed by atoms with van der Waals surface area (Å²) in [5.41, 5.74) is 0.0812. The number of allylic oxidation sites excluding steroid dienone is 1. The van der Waals surface area contributed by atoms with Crippen molar-refractivity contribution in [2.24, 2.45) is 0 Å². The number of amides is 1. The van der Waals surface area contributed by atoms with Crippen LogP contribution in [-0.4, -0.2) is 43.5 Å². The molecule has 0 spiro atoms. The van der Waals surface area contributed by atoms with E-state index in [0.717, 1.165) is 12.0 Å². The number of rotatable bonds is 5. The number of hydrogen-bond donors (Lipinski definition) is 0. The van der Waals surface area contributed by atoms with Gasteiger partial charge in [0.2, 0.25) is 5.78 Å². The second-order valence-electron chi connectivity index (χ2n) is 3.92. The van der Waals surface area contributed by atoms with Gasteiger partial charge in [0.1, 0.15) is 6.54 Å². The van der Waals surface area contributed by atoms with Crippen molar-refractivity contribution in [3.8, 4) is 0 Å². The molecule has 0 unspecified atom stereocenters. The first-order valence-electron chi connectivity index (χ1n) is 5.82. The fourth-order valence-corrected chi connectivity index (χ4v) is 1.59. The SMILES string of the molecule is C=C(C(=O)c1ccc(Cl)cc1)N(CC(=O)OC)C(=O)OC. The van der Waals surface area contributed by atoms with Crippen LogP contribution < -0.4 is 0 Å². The monoisotopic (exact) mass is 311 g/mol. The van der Waals surface area contributed by atoms with Crippen LogP contribution in [-0.2, 0) is 14.3 Å². The van der Waals surface area contributed by atoms with Gasteiger partial charge in [-0.15, -0.1) is 0 Å². The van der Waals surface area contributed by atoms with Crippen molar-refractivity contribution in [1.82, 2.24) is 4.90 Å². The van der Waals surface area contributed by atoms with Crippen molar-refractivity contribution in [2.75, 3.05) is 20.8 Å². The molecule has 0 aromatic heterocycles. The first-order chi connectivity index (χ1) is 9.90. The van der Waals surface area contributed by atoms with E-state index in [1.54, 1.807) is 0 Å². The maximum Gasteiger partial charge on any atom is 0.414 e. The van der Waals surface area contributed by atoms with Crippen molar-refractivity contribution in [2.45, 2.75) is 0 Å². The molecule has 0 aliphatic carbocycles. The fourth-order valence-electron chi connectivity index (χ4n) is 1.46. The van der Waals surface area contributed by atoms with Crippen LogP contribution in [0.3, 0.4) is 0 Å². The average molecular weight is 312 g/mol. The number of ketones is 1. The molecule has 0 N–H and O–H groups in total. The summed E-state index contributed by atoms with van der Waals surface area (Å²) in [5, 5.41) is 0.469. The van der Waals surface area contributed by atoms with E-state index in [9.17, 15) is 14.4 Å². The van der Waals surface area contributed by atoms with Crippen molar-refractivity contribution < 1.29 is 23.9 Å². The predicted molar refractivity (Wildman–Crippen MR) is 76.0 cm³/mol. The minimum Gasteiger partial charge on any atom is -0.468 e. The highest BCUT2D eigenvalue weighted by molar-refractivity contribution is 6.30. The van der Waals surface area contributed by atoms with Gasteiger partial charge < -0.3 is 9.47 Å². The minimum absolute atomic E-state index is 0.199. The number of benzene rings is 1. The van der Waals surface area contributed by atoms with E-state index in [2.05, 4.69) is 16.1 Å². The summed E-state index contributed by atoms with van der Waals surface area (Å²) in [6.07, 6.45) is -0.882. The van der Waals surface area contributed by atoms with E-state index in [1.807, 2.05) is 0 Å². The topological polar surface area (TPSA) is 72.9 Å². The maximum absolute atomic E-state index is 12.2. The molecule has 0 aliphatic rings.